The van der Waals surface area contributed by atoms with Crippen molar-refractivity contribution in [3.05, 3.63) is 46.3 Å². The standard InChI is InChI=1S/C23H29NO6/c1-7-28-20-10-17(8-9-19(20)29-11-13(2)3)23(27)30-12-18(26)22-14(4)21(16(6)25)15(5)24-22/h8-10,13,24H,7,11-12H2,1-6H3. The number of nitrogens with one attached hydrogen (secondary N) is 1. The monoisotopic (exact) mass is 415 g/mol. The van der Waals surface area contributed by atoms with Crippen molar-refractivity contribution in [1.29, 1.82) is 0 Å². The fourth-order valence-corrected chi connectivity index (χ4v) is 3.12. The Morgan fingerprint density at radius 2 is 1.77 bits per heavy atom. The van der Waals surface area contributed by atoms with Crippen molar-refractivity contribution in [2.24, 2.45) is 5.92 Å². The lowest BCUT2D eigenvalue weighted by Gasteiger charge is -2.14. The summed E-state index contributed by atoms with van der Waals surface area (Å²) in [4.78, 5) is 39.6. The number of esters is 1. The molecule has 1 heterocycles. The molecular weight excluding hydrogens is 386 g/mol. The Bertz CT molecular complexity index is 941. The Balaban J connectivity index is 2.10. The molecule has 2 rings (SSSR count). The maximum Gasteiger partial charge on any atom is 0.338 e. The number of Topliss-reactive ketones (excluding diaryl/α,β-unsaturated/α-hetero) is 2. The van der Waals surface area contributed by atoms with Crippen LogP contribution in [-0.4, -0.2) is 42.3 Å². The zero-order valence-corrected chi connectivity index (χ0v) is 18.4. The third kappa shape index (κ3) is 5.49. The molecule has 2 aromatic rings. The van der Waals surface area contributed by atoms with Crippen molar-refractivity contribution in [2.45, 2.75) is 41.5 Å². The highest BCUT2D eigenvalue weighted by Gasteiger charge is 2.21. The van der Waals surface area contributed by atoms with E-state index in [9.17, 15) is 14.4 Å². The second-order valence-electron chi connectivity index (χ2n) is 7.48. The molecule has 1 aromatic heterocycles. The van der Waals surface area contributed by atoms with Gasteiger partial charge in [0.25, 0.3) is 0 Å². The summed E-state index contributed by atoms with van der Waals surface area (Å²) in [5.41, 5.74) is 2.20. The molecule has 7 heteroatoms. The van der Waals surface area contributed by atoms with Crippen molar-refractivity contribution in [2.75, 3.05) is 19.8 Å². The number of ketones is 2. The number of carbonyl (C=O) groups excluding carboxylic acids is 3. The SMILES string of the molecule is CCOc1cc(C(=O)OCC(=O)c2[nH]c(C)c(C(C)=O)c2C)ccc1OCC(C)C. The minimum Gasteiger partial charge on any atom is -0.490 e. The number of hydrogen-bond donors (Lipinski definition) is 1. The predicted octanol–water partition coefficient (Wildman–Crippen LogP) is 4.31. The number of aryl methyl sites for hydroxylation is 1. The first-order valence-corrected chi connectivity index (χ1v) is 9.95. The first kappa shape index (κ1) is 23.2. The van der Waals surface area contributed by atoms with E-state index < -0.39 is 18.4 Å². The van der Waals surface area contributed by atoms with Crippen LogP contribution in [-0.2, 0) is 4.74 Å². The van der Waals surface area contributed by atoms with Crippen LogP contribution in [0.3, 0.4) is 0 Å². The molecule has 0 radical (unpaired) electrons. The van der Waals surface area contributed by atoms with Crippen LogP contribution in [0.5, 0.6) is 11.5 Å². The Morgan fingerprint density at radius 3 is 2.33 bits per heavy atom. The molecule has 162 valence electrons. The van der Waals surface area contributed by atoms with Gasteiger partial charge in [0.05, 0.1) is 24.5 Å². The fourth-order valence-electron chi connectivity index (χ4n) is 3.12. The molecule has 0 unspecified atom stereocenters. The van der Waals surface area contributed by atoms with Gasteiger partial charge in [0.15, 0.2) is 23.9 Å². The number of ether oxygens (including phenoxy) is 3. The highest BCUT2D eigenvalue weighted by Crippen LogP contribution is 2.29. The second-order valence-corrected chi connectivity index (χ2v) is 7.48. The molecule has 0 aliphatic heterocycles. The molecule has 0 aliphatic carbocycles. The van der Waals surface area contributed by atoms with Gasteiger partial charge in [-0.1, -0.05) is 13.8 Å². The minimum atomic E-state index is -0.646. The van der Waals surface area contributed by atoms with Crippen LogP contribution in [0, 0.1) is 19.8 Å². The van der Waals surface area contributed by atoms with Crippen molar-refractivity contribution in [1.82, 2.24) is 4.98 Å². The molecule has 30 heavy (non-hydrogen) atoms. The Morgan fingerprint density at radius 1 is 1.07 bits per heavy atom. The molecule has 1 aromatic carbocycles. The van der Waals surface area contributed by atoms with Gasteiger partial charge in [0.1, 0.15) is 0 Å². The highest BCUT2D eigenvalue weighted by molar-refractivity contribution is 6.04. The van der Waals surface area contributed by atoms with Gasteiger partial charge in [-0.3, -0.25) is 9.59 Å². The summed E-state index contributed by atoms with van der Waals surface area (Å²) in [7, 11) is 0. The van der Waals surface area contributed by atoms with Crippen molar-refractivity contribution in [3.8, 4) is 11.5 Å². The summed E-state index contributed by atoms with van der Waals surface area (Å²) in [6.07, 6.45) is 0. The average Bonchev–Trinajstić information content (AvgIpc) is 2.99. The number of carbonyl (C=O) groups is 3. The van der Waals surface area contributed by atoms with Gasteiger partial charge in [0.2, 0.25) is 5.78 Å². The van der Waals surface area contributed by atoms with Gasteiger partial charge in [-0.25, -0.2) is 4.79 Å². The van der Waals surface area contributed by atoms with Gasteiger partial charge in [-0.05, 0) is 57.4 Å². The van der Waals surface area contributed by atoms with E-state index in [1.54, 1.807) is 32.0 Å². The number of aromatic amines is 1. The zero-order valence-electron chi connectivity index (χ0n) is 18.4. The van der Waals surface area contributed by atoms with Gasteiger partial charge in [0, 0.05) is 11.3 Å². The first-order valence-electron chi connectivity index (χ1n) is 9.95. The van der Waals surface area contributed by atoms with Gasteiger partial charge >= 0.3 is 5.97 Å². The summed E-state index contributed by atoms with van der Waals surface area (Å²) >= 11 is 0. The molecule has 1 N–H and O–H groups in total. The number of benzene rings is 1. The molecule has 0 bridgehead atoms. The largest absolute Gasteiger partial charge is 0.490 e. The Kier molecular flexibility index (Phi) is 7.80. The minimum absolute atomic E-state index is 0.125. The lowest BCUT2D eigenvalue weighted by Crippen LogP contribution is -2.16. The lowest BCUT2D eigenvalue weighted by molar-refractivity contribution is 0.0473. The first-order chi connectivity index (χ1) is 14.1. The smallest absolute Gasteiger partial charge is 0.338 e. The van der Waals surface area contributed by atoms with Crippen LogP contribution < -0.4 is 9.47 Å². The summed E-state index contributed by atoms with van der Waals surface area (Å²) in [6.45, 7) is 11.3. The zero-order chi connectivity index (χ0) is 22.4. The van der Waals surface area contributed by atoms with Crippen LogP contribution in [0.4, 0.5) is 0 Å². The van der Waals surface area contributed by atoms with E-state index in [-0.39, 0.29) is 17.0 Å². The van der Waals surface area contributed by atoms with E-state index in [0.29, 0.717) is 47.5 Å². The maximum absolute atomic E-state index is 12.5. The van der Waals surface area contributed by atoms with Crippen LogP contribution in [0.1, 0.15) is 70.2 Å². The lowest BCUT2D eigenvalue weighted by atomic mass is 10.1. The Labute approximate surface area is 176 Å². The van der Waals surface area contributed by atoms with E-state index in [1.807, 2.05) is 20.8 Å². The van der Waals surface area contributed by atoms with Gasteiger partial charge in [-0.2, -0.15) is 0 Å². The number of rotatable bonds is 10. The van der Waals surface area contributed by atoms with Crippen molar-refractivity contribution < 1.29 is 28.6 Å². The van der Waals surface area contributed by atoms with E-state index in [4.69, 9.17) is 14.2 Å². The normalized spacial score (nSPS) is 10.8. The number of H-pyrrole nitrogens is 1. The molecule has 0 saturated heterocycles. The molecule has 0 aliphatic rings. The fraction of sp³-hybridized carbons (Fsp3) is 0.435. The molecule has 0 spiro atoms. The van der Waals surface area contributed by atoms with Crippen LogP contribution >= 0.6 is 0 Å². The van der Waals surface area contributed by atoms with E-state index in [0.717, 1.165) is 0 Å². The van der Waals surface area contributed by atoms with Crippen LogP contribution in [0.25, 0.3) is 0 Å². The Hall–Kier alpha value is -3.09. The van der Waals surface area contributed by atoms with Crippen LogP contribution in [0.15, 0.2) is 18.2 Å². The van der Waals surface area contributed by atoms with E-state index in [2.05, 4.69) is 4.98 Å². The van der Waals surface area contributed by atoms with Gasteiger partial charge in [-0.15, -0.1) is 0 Å². The third-order valence-electron chi connectivity index (χ3n) is 4.45. The topological polar surface area (TPSA) is 94.7 Å². The average molecular weight is 415 g/mol. The maximum atomic E-state index is 12.5. The van der Waals surface area contributed by atoms with Crippen LogP contribution in [0.2, 0.25) is 0 Å². The number of aromatic nitrogens is 1. The summed E-state index contributed by atoms with van der Waals surface area (Å²) in [5.74, 6) is 0.165. The number of hydrogen-bond acceptors (Lipinski definition) is 6. The summed E-state index contributed by atoms with van der Waals surface area (Å²) in [6, 6.07) is 4.77. The molecular formula is C23H29NO6. The van der Waals surface area contributed by atoms with Crippen molar-refractivity contribution >= 4 is 17.5 Å². The molecule has 0 fully saturated rings. The van der Waals surface area contributed by atoms with Crippen molar-refractivity contribution in [3.63, 3.8) is 0 Å². The molecule has 0 amide bonds. The molecule has 7 nitrogen and oxygen atoms in total. The highest BCUT2D eigenvalue weighted by atomic mass is 16.5. The quantitative estimate of drug-likeness (QED) is 0.459. The molecule has 0 atom stereocenters. The van der Waals surface area contributed by atoms with E-state index in [1.165, 1.54) is 6.92 Å². The van der Waals surface area contributed by atoms with E-state index >= 15 is 0 Å². The molecule has 0 saturated carbocycles. The second kappa shape index (κ2) is 10.1. The third-order valence-corrected chi connectivity index (χ3v) is 4.45. The predicted molar refractivity (Wildman–Crippen MR) is 113 cm³/mol. The van der Waals surface area contributed by atoms with Gasteiger partial charge < -0.3 is 19.2 Å². The summed E-state index contributed by atoms with van der Waals surface area (Å²) < 4.78 is 16.5. The summed E-state index contributed by atoms with van der Waals surface area (Å²) in [5, 5.41) is 0.